The van der Waals surface area contributed by atoms with E-state index >= 15 is 0 Å². The van der Waals surface area contributed by atoms with E-state index in [1.165, 1.54) is 4.80 Å². The topological polar surface area (TPSA) is 72.1 Å². The summed E-state index contributed by atoms with van der Waals surface area (Å²) >= 11 is 0. The molecule has 1 saturated carbocycles. The van der Waals surface area contributed by atoms with Crippen LogP contribution in [0.4, 0.5) is 5.95 Å². The van der Waals surface area contributed by atoms with E-state index < -0.39 is 0 Å². The highest BCUT2D eigenvalue weighted by atomic mass is 16.2. The lowest BCUT2D eigenvalue weighted by molar-refractivity contribution is 0.0587. The first-order valence-corrected chi connectivity index (χ1v) is 11.0. The third-order valence-corrected chi connectivity index (χ3v) is 6.33. The minimum Gasteiger partial charge on any atom is -0.344 e. The van der Waals surface area contributed by atoms with Crippen molar-refractivity contribution in [2.24, 2.45) is 7.05 Å². The van der Waals surface area contributed by atoms with E-state index in [9.17, 15) is 4.79 Å². The number of imidazole rings is 1. The second kappa shape index (κ2) is 8.45. The summed E-state index contributed by atoms with van der Waals surface area (Å²) in [7, 11) is 4.07. The largest absolute Gasteiger partial charge is 0.344 e. The van der Waals surface area contributed by atoms with Crippen molar-refractivity contribution < 1.29 is 4.79 Å². The Morgan fingerprint density at radius 1 is 1.03 bits per heavy atom. The lowest BCUT2D eigenvalue weighted by Crippen LogP contribution is -2.47. The molecule has 2 heterocycles. The first-order valence-electron chi connectivity index (χ1n) is 11.0. The van der Waals surface area contributed by atoms with E-state index in [1.807, 2.05) is 61.5 Å². The maximum atomic E-state index is 13.7. The summed E-state index contributed by atoms with van der Waals surface area (Å²) in [6.07, 6.45) is 6.50. The summed E-state index contributed by atoms with van der Waals surface area (Å²) in [4.78, 5) is 24.1. The van der Waals surface area contributed by atoms with Gasteiger partial charge in [0.1, 0.15) is 0 Å². The Kier molecular flexibility index (Phi) is 5.34. The van der Waals surface area contributed by atoms with Crippen LogP contribution in [-0.4, -0.2) is 61.5 Å². The molecule has 0 aliphatic heterocycles. The van der Waals surface area contributed by atoms with Gasteiger partial charge >= 0.3 is 0 Å². The molecule has 8 heteroatoms. The molecule has 1 amide bonds. The number of aryl methyl sites for hydroxylation is 1. The molecule has 0 radical (unpaired) electrons. The summed E-state index contributed by atoms with van der Waals surface area (Å²) in [6.45, 7) is 1.33. The molecule has 2 aromatic carbocycles. The van der Waals surface area contributed by atoms with Crippen LogP contribution in [-0.2, 0) is 7.05 Å². The molecule has 0 N–H and O–H groups in total. The third-order valence-electron chi connectivity index (χ3n) is 6.33. The van der Waals surface area contributed by atoms with Gasteiger partial charge in [0.05, 0.1) is 34.7 Å². The second-order valence-electron chi connectivity index (χ2n) is 8.30. The molecule has 0 bridgehead atoms. The predicted molar refractivity (Wildman–Crippen MR) is 124 cm³/mol. The van der Waals surface area contributed by atoms with Gasteiger partial charge < -0.3 is 14.4 Å². The standard InChI is InChI=1S/C24H27N7O/c1-28(24-27-20-11-4-6-13-22(20)29(24)2)16-17-30(18-8-7-9-18)23(32)19-10-3-5-12-21(19)31-25-14-15-26-31/h3-6,10-15,18H,7-9,16-17H2,1-2H3. The maximum absolute atomic E-state index is 13.7. The first-order chi connectivity index (χ1) is 15.6. The minimum absolute atomic E-state index is 0.0287. The van der Waals surface area contributed by atoms with E-state index in [4.69, 9.17) is 4.98 Å². The van der Waals surface area contributed by atoms with Gasteiger partial charge in [0.2, 0.25) is 5.95 Å². The van der Waals surface area contributed by atoms with Gasteiger partial charge in [0.15, 0.2) is 0 Å². The molecular weight excluding hydrogens is 402 g/mol. The normalized spacial score (nSPS) is 13.8. The number of hydrogen-bond acceptors (Lipinski definition) is 5. The molecule has 2 aromatic heterocycles. The zero-order valence-corrected chi connectivity index (χ0v) is 18.4. The molecule has 1 aliphatic rings. The molecule has 5 rings (SSSR count). The molecule has 4 aromatic rings. The minimum atomic E-state index is 0.0287. The van der Waals surface area contributed by atoms with Crippen LogP contribution in [0.25, 0.3) is 16.7 Å². The van der Waals surface area contributed by atoms with Crippen LogP contribution in [0.2, 0.25) is 0 Å². The number of carbonyl (C=O) groups excluding carboxylic acids is 1. The van der Waals surface area contributed by atoms with Crippen LogP contribution >= 0.6 is 0 Å². The molecule has 0 atom stereocenters. The Balaban J connectivity index is 1.38. The summed E-state index contributed by atoms with van der Waals surface area (Å²) in [6, 6.07) is 15.9. The fraction of sp³-hybridized carbons (Fsp3) is 0.333. The molecule has 0 unspecified atom stereocenters. The number of likely N-dealkylation sites (N-methyl/N-ethyl adjacent to an activating group) is 1. The average molecular weight is 430 g/mol. The fourth-order valence-electron chi connectivity index (χ4n) is 4.30. The summed E-state index contributed by atoms with van der Waals surface area (Å²) in [5.41, 5.74) is 3.41. The van der Waals surface area contributed by atoms with Crippen LogP contribution in [0.5, 0.6) is 0 Å². The number of hydrogen-bond donors (Lipinski definition) is 0. The number of para-hydroxylation sites is 3. The number of benzene rings is 2. The molecule has 0 spiro atoms. The van der Waals surface area contributed by atoms with E-state index in [0.29, 0.717) is 24.3 Å². The Morgan fingerprint density at radius 3 is 2.47 bits per heavy atom. The first kappa shape index (κ1) is 20.2. The molecule has 0 saturated heterocycles. The number of fused-ring (bicyclic) bond motifs is 1. The summed E-state index contributed by atoms with van der Waals surface area (Å²) < 4.78 is 2.10. The van der Waals surface area contributed by atoms with Crippen molar-refractivity contribution in [3.05, 3.63) is 66.5 Å². The van der Waals surface area contributed by atoms with E-state index in [0.717, 1.165) is 36.2 Å². The van der Waals surface area contributed by atoms with Crippen LogP contribution in [0.15, 0.2) is 60.9 Å². The van der Waals surface area contributed by atoms with Gasteiger partial charge in [-0.2, -0.15) is 15.0 Å². The summed E-state index contributed by atoms with van der Waals surface area (Å²) in [5.74, 6) is 0.925. The second-order valence-corrected chi connectivity index (χ2v) is 8.30. The van der Waals surface area contributed by atoms with E-state index in [-0.39, 0.29) is 11.9 Å². The monoisotopic (exact) mass is 429 g/mol. The van der Waals surface area contributed by atoms with Gasteiger partial charge in [-0.25, -0.2) is 4.98 Å². The van der Waals surface area contributed by atoms with Crippen molar-refractivity contribution in [1.29, 1.82) is 0 Å². The number of amides is 1. The Hall–Kier alpha value is -3.68. The van der Waals surface area contributed by atoms with Gasteiger partial charge in [0, 0.05) is 33.2 Å². The highest BCUT2D eigenvalue weighted by Crippen LogP contribution is 2.28. The van der Waals surface area contributed by atoms with E-state index in [1.54, 1.807) is 12.4 Å². The van der Waals surface area contributed by atoms with Crippen molar-refractivity contribution in [1.82, 2.24) is 29.4 Å². The quantitative estimate of drug-likeness (QED) is 0.451. The Labute approximate surface area is 187 Å². The lowest BCUT2D eigenvalue weighted by Gasteiger charge is -2.38. The molecule has 1 fully saturated rings. The number of carbonyl (C=O) groups is 1. The van der Waals surface area contributed by atoms with Crippen LogP contribution < -0.4 is 4.90 Å². The zero-order chi connectivity index (χ0) is 22.1. The van der Waals surface area contributed by atoms with Crippen molar-refractivity contribution in [2.75, 3.05) is 25.0 Å². The van der Waals surface area contributed by atoms with Gasteiger partial charge in [-0.05, 0) is 43.5 Å². The average Bonchev–Trinajstić information content (AvgIpc) is 3.43. The number of rotatable bonds is 7. The SMILES string of the molecule is CN(CCN(C(=O)c1ccccc1-n1nccn1)C1CCC1)c1nc2ccccc2n1C. The maximum Gasteiger partial charge on any atom is 0.256 e. The molecule has 32 heavy (non-hydrogen) atoms. The zero-order valence-electron chi connectivity index (χ0n) is 18.4. The van der Waals surface area contributed by atoms with Crippen molar-refractivity contribution >= 4 is 22.9 Å². The van der Waals surface area contributed by atoms with Gasteiger partial charge in [-0.15, -0.1) is 0 Å². The highest BCUT2D eigenvalue weighted by Gasteiger charge is 2.31. The van der Waals surface area contributed by atoms with Gasteiger partial charge in [-0.1, -0.05) is 24.3 Å². The molecule has 8 nitrogen and oxygen atoms in total. The van der Waals surface area contributed by atoms with Gasteiger partial charge in [-0.3, -0.25) is 4.79 Å². The molecular formula is C24H27N7O. The van der Waals surface area contributed by atoms with Crippen molar-refractivity contribution in [3.8, 4) is 5.69 Å². The highest BCUT2D eigenvalue weighted by molar-refractivity contribution is 5.98. The Morgan fingerprint density at radius 2 is 1.75 bits per heavy atom. The lowest BCUT2D eigenvalue weighted by atomic mass is 9.90. The summed E-state index contributed by atoms with van der Waals surface area (Å²) in [5, 5.41) is 8.46. The number of aromatic nitrogens is 5. The van der Waals surface area contributed by atoms with E-state index in [2.05, 4.69) is 25.7 Å². The van der Waals surface area contributed by atoms with Crippen LogP contribution in [0.1, 0.15) is 29.6 Å². The number of nitrogens with zero attached hydrogens (tertiary/aromatic N) is 7. The molecule has 164 valence electrons. The van der Waals surface area contributed by atoms with Crippen molar-refractivity contribution in [2.45, 2.75) is 25.3 Å². The fourth-order valence-corrected chi connectivity index (χ4v) is 4.30. The smallest absolute Gasteiger partial charge is 0.256 e. The third kappa shape index (κ3) is 3.62. The predicted octanol–water partition coefficient (Wildman–Crippen LogP) is 3.29. The van der Waals surface area contributed by atoms with Crippen molar-refractivity contribution in [3.63, 3.8) is 0 Å². The van der Waals surface area contributed by atoms with Gasteiger partial charge in [0.25, 0.3) is 5.91 Å². The molecule has 1 aliphatic carbocycles. The number of anilines is 1. The Bertz CT molecular complexity index is 1230. The van der Waals surface area contributed by atoms with Crippen LogP contribution in [0.3, 0.4) is 0 Å². The van der Waals surface area contributed by atoms with Crippen LogP contribution in [0, 0.1) is 0 Å².